The molecule has 2 N–H and O–H groups in total. The lowest BCUT2D eigenvalue weighted by Crippen LogP contribution is -2.15. The summed E-state index contributed by atoms with van der Waals surface area (Å²) < 4.78 is 161. The lowest BCUT2D eigenvalue weighted by atomic mass is 9.87. The van der Waals surface area contributed by atoms with Crippen molar-refractivity contribution in [3.63, 3.8) is 0 Å². The van der Waals surface area contributed by atoms with Crippen LogP contribution in [0.5, 0.6) is 0 Å². The van der Waals surface area contributed by atoms with Crippen LogP contribution in [0.2, 0.25) is 0 Å². The minimum atomic E-state index is -5.23. The predicted octanol–water partition coefficient (Wildman–Crippen LogP) is 10.4. The van der Waals surface area contributed by atoms with E-state index >= 15 is 0 Å². The molecule has 0 saturated heterocycles. The molecule has 0 radical (unpaired) electrons. The van der Waals surface area contributed by atoms with E-state index in [0.29, 0.717) is 24.3 Å². The van der Waals surface area contributed by atoms with Gasteiger partial charge in [0.25, 0.3) is 0 Å². The highest BCUT2D eigenvalue weighted by molar-refractivity contribution is 5.80. The Balaban J connectivity index is 2.31. The maximum atomic E-state index is 13.5. The highest BCUT2D eigenvalue weighted by atomic mass is 19.4. The van der Waals surface area contributed by atoms with Gasteiger partial charge in [-0.1, -0.05) is 19.9 Å². The molecule has 0 amide bonds. The molecule has 1 unspecified atom stereocenters. The Morgan fingerprint density at radius 1 is 0.605 bits per heavy atom. The highest BCUT2D eigenvalue weighted by Gasteiger charge is 2.38. The number of carboxylic acid groups (broad SMARTS) is 1. The Bertz CT molecular complexity index is 1420. The quantitative estimate of drug-likeness (QED) is 0.255. The predicted molar refractivity (Wildman–Crippen MR) is 131 cm³/mol. The number of carboxylic acids is 1. The summed E-state index contributed by atoms with van der Waals surface area (Å²) in [5.41, 5.74) is -9.20. The number of halogens is 12. The zero-order valence-electron chi connectivity index (χ0n) is 21.9. The zero-order chi connectivity index (χ0) is 32.7. The first kappa shape index (κ1) is 33.6. The van der Waals surface area contributed by atoms with Crippen molar-refractivity contribution in [2.45, 2.75) is 50.9 Å². The zero-order valence-corrected chi connectivity index (χ0v) is 21.9. The molecule has 0 heterocycles. The van der Waals surface area contributed by atoms with Crippen LogP contribution >= 0.6 is 0 Å². The van der Waals surface area contributed by atoms with Crippen molar-refractivity contribution in [3.8, 4) is 11.1 Å². The summed E-state index contributed by atoms with van der Waals surface area (Å²) in [5, 5.41) is 12.1. The van der Waals surface area contributed by atoms with Gasteiger partial charge in [0.2, 0.25) is 0 Å². The van der Waals surface area contributed by atoms with Gasteiger partial charge in [0, 0.05) is 11.4 Å². The molecule has 3 aromatic rings. The number of rotatable bonds is 7. The second kappa shape index (κ2) is 11.6. The molecule has 0 aliphatic rings. The maximum Gasteiger partial charge on any atom is 0.416 e. The van der Waals surface area contributed by atoms with Gasteiger partial charge in [0.15, 0.2) is 0 Å². The van der Waals surface area contributed by atoms with E-state index in [1.54, 1.807) is 13.8 Å². The Labute approximate surface area is 236 Å². The Hall–Kier alpha value is -3.91. The average molecular weight is 631 g/mol. The minimum Gasteiger partial charge on any atom is -0.481 e. The fourth-order valence-corrected chi connectivity index (χ4v) is 4.26. The summed E-state index contributed by atoms with van der Waals surface area (Å²) in [5.74, 6) is -3.11. The van der Waals surface area contributed by atoms with Crippen LogP contribution in [0.15, 0.2) is 54.6 Å². The number of hydrogen-bond acceptors (Lipinski definition) is 2. The van der Waals surface area contributed by atoms with Crippen LogP contribution < -0.4 is 5.32 Å². The third-order valence-electron chi connectivity index (χ3n) is 6.16. The van der Waals surface area contributed by atoms with E-state index in [9.17, 15) is 62.6 Å². The average Bonchev–Trinajstić information content (AvgIpc) is 2.84. The molecule has 234 valence electrons. The third-order valence-corrected chi connectivity index (χ3v) is 6.16. The Morgan fingerprint density at radius 2 is 0.977 bits per heavy atom. The topological polar surface area (TPSA) is 49.3 Å². The number of aliphatic carboxylic acids is 1. The molecule has 0 spiro atoms. The van der Waals surface area contributed by atoms with Crippen molar-refractivity contribution in [1.82, 2.24) is 0 Å². The van der Waals surface area contributed by atoms with E-state index in [0.717, 1.165) is 18.2 Å². The maximum absolute atomic E-state index is 13.5. The number of anilines is 2. The van der Waals surface area contributed by atoms with E-state index < -0.39 is 75.7 Å². The third kappa shape index (κ3) is 8.57. The van der Waals surface area contributed by atoms with Crippen LogP contribution in [0.1, 0.15) is 54.0 Å². The van der Waals surface area contributed by atoms with E-state index in [2.05, 4.69) is 5.32 Å². The van der Waals surface area contributed by atoms with Crippen LogP contribution in [0, 0.1) is 5.92 Å². The van der Waals surface area contributed by atoms with Crippen molar-refractivity contribution in [1.29, 1.82) is 0 Å². The van der Waals surface area contributed by atoms with Gasteiger partial charge in [0.1, 0.15) is 0 Å². The van der Waals surface area contributed by atoms with E-state index in [4.69, 9.17) is 0 Å². The molecule has 3 rings (SSSR count). The summed E-state index contributed by atoms with van der Waals surface area (Å²) in [7, 11) is 0. The first-order chi connectivity index (χ1) is 19.4. The SMILES string of the molecule is CC(C)CC(C(=O)O)c1cc(Nc2cc(C(F)(F)F)cc(C(F)(F)F)c2)cc(-c2cc(C(F)(F)F)cc(C(F)(F)F)c2)c1. The standard InChI is InChI=1S/C28H21F12NO2/c1-13(2)3-23(24(42)43)16-4-14(15-5-17(25(29,30)31)9-18(6-15)26(32,33)34)7-21(8-16)41-22-11-19(27(35,36)37)10-20(12-22)28(38,39)40/h4-13,23,41H,3H2,1-2H3,(H,42,43). The van der Waals surface area contributed by atoms with Crippen LogP contribution in [0.25, 0.3) is 11.1 Å². The molecule has 1 atom stereocenters. The summed E-state index contributed by atoms with van der Waals surface area (Å²) in [6, 6.07) is 4.02. The van der Waals surface area contributed by atoms with Crippen molar-refractivity contribution < 1.29 is 62.6 Å². The molecule has 3 aromatic carbocycles. The molecule has 3 nitrogen and oxygen atoms in total. The molecule has 0 aromatic heterocycles. The van der Waals surface area contributed by atoms with Crippen molar-refractivity contribution in [3.05, 3.63) is 82.4 Å². The second-order valence-electron chi connectivity index (χ2n) is 10.1. The van der Waals surface area contributed by atoms with E-state index in [1.807, 2.05) is 0 Å². The first-order valence-corrected chi connectivity index (χ1v) is 12.2. The monoisotopic (exact) mass is 631 g/mol. The van der Waals surface area contributed by atoms with Gasteiger partial charge >= 0.3 is 30.7 Å². The highest BCUT2D eigenvalue weighted by Crippen LogP contribution is 2.42. The smallest absolute Gasteiger partial charge is 0.416 e. The summed E-state index contributed by atoms with van der Waals surface area (Å²) >= 11 is 0. The van der Waals surface area contributed by atoms with Gasteiger partial charge in [-0.25, -0.2) is 0 Å². The van der Waals surface area contributed by atoms with Crippen molar-refractivity contribution >= 4 is 17.3 Å². The number of hydrogen-bond donors (Lipinski definition) is 2. The normalized spacial score (nSPS) is 13.7. The molecule has 0 aliphatic heterocycles. The van der Waals surface area contributed by atoms with Gasteiger partial charge in [-0.15, -0.1) is 0 Å². The first-order valence-electron chi connectivity index (χ1n) is 12.2. The lowest BCUT2D eigenvalue weighted by Gasteiger charge is -2.20. The fourth-order valence-electron chi connectivity index (χ4n) is 4.26. The Morgan fingerprint density at radius 3 is 1.35 bits per heavy atom. The summed E-state index contributed by atoms with van der Waals surface area (Å²) in [4.78, 5) is 12.1. The number of nitrogens with one attached hydrogen (secondary N) is 1. The molecule has 0 aliphatic carbocycles. The second-order valence-corrected chi connectivity index (χ2v) is 10.1. The lowest BCUT2D eigenvalue weighted by molar-refractivity contribution is -0.144. The summed E-state index contributed by atoms with van der Waals surface area (Å²) in [6.45, 7) is 3.26. The Kier molecular flexibility index (Phi) is 9.09. The van der Waals surface area contributed by atoms with Gasteiger partial charge in [-0.05, 0) is 77.6 Å². The van der Waals surface area contributed by atoms with Crippen LogP contribution in [0.4, 0.5) is 64.1 Å². The number of benzene rings is 3. The van der Waals surface area contributed by atoms with E-state index in [-0.39, 0.29) is 35.7 Å². The van der Waals surface area contributed by atoms with Gasteiger partial charge in [0.05, 0.1) is 28.2 Å². The fraction of sp³-hybridized carbons (Fsp3) is 0.321. The number of carbonyl (C=O) groups is 1. The molecule has 0 bridgehead atoms. The largest absolute Gasteiger partial charge is 0.481 e. The molecule has 43 heavy (non-hydrogen) atoms. The minimum absolute atomic E-state index is 0.0730. The number of alkyl halides is 12. The van der Waals surface area contributed by atoms with Gasteiger partial charge in [-0.3, -0.25) is 4.79 Å². The van der Waals surface area contributed by atoms with Crippen molar-refractivity contribution in [2.24, 2.45) is 5.92 Å². The summed E-state index contributed by atoms with van der Waals surface area (Å²) in [6.07, 6.45) is -21.0. The van der Waals surface area contributed by atoms with Crippen molar-refractivity contribution in [2.75, 3.05) is 5.32 Å². The van der Waals surface area contributed by atoms with Crippen LogP contribution in [-0.2, 0) is 29.5 Å². The molecule has 15 heteroatoms. The van der Waals surface area contributed by atoms with E-state index in [1.165, 1.54) is 0 Å². The molecular formula is C28H21F12NO2. The molecule has 0 fully saturated rings. The molecule has 0 saturated carbocycles. The van der Waals surface area contributed by atoms with Crippen LogP contribution in [-0.4, -0.2) is 11.1 Å². The van der Waals surface area contributed by atoms with Gasteiger partial charge in [-0.2, -0.15) is 52.7 Å². The van der Waals surface area contributed by atoms with Crippen LogP contribution in [0.3, 0.4) is 0 Å². The molecular weight excluding hydrogens is 610 g/mol. The van der Waals surface area contributed by atoms with Gasteiger partial charge < -0.3 is 10.4 Å².